The number of fused-ring (bicyclic) bond motifs is 1. The molecule has 2 heterocycles. The SMILES string of the molecule is CCNc1nc(-c2c(C)[nH]c3ccc(F)cc23)cs1. The van der Waals surface area contributed by atoms with Gasteiger partial charge in [0, 0.05) is 34.1 Å². The zero-order valence-electron chi connectivity index (χ0n) is 10.7. The second-order valence-electron chi connectivity index (χ2n) is 4.38. The molecule has 3 rings (SSSR count). The van der Waals surface area contributed by atoms with Crippen molar-refractivity contribution < 1.29 is 4.39 Å². The summed E-state index contributed by atoms with van der Waals surface area (Å²) in [6.45, 7) is 4.86. The van der Waals surface area contributed by atoms with Crippen LogP contribution in [0, 0.1) is 12.7 Å². The molecule has 0 aliphatic rings. The van der Waals surface area contributed by atoms with Gasteiger partial charge in [-0.2, -0.15) is 0 Å². The number of aromatic amines is 1. The standard InChI is InChI=1S/C14H14FN3S/c1-3-16-14-18-12(7-19-14)13-8(2)17-11-5-4-9(15)6-10(11)13/h4-7,17H,3H2,1-2H3,(H,16,18). The van der Waals surface area contributed by atoms with Crippen molar-refractivity contribution in [2.75, 3.05) is 11.9 Å². The number of benzene rings is 1. The van der Waals surface area contributed by atoms with Gasteiger partial charge in [-0.1, -0.05) is 0 Å². The Balaban J connectivity index is 2.17. The summed E-state index contributed by atoms with van der Waals surface area (Å²) in [4.78, 5) is 7.82. The molecule has 0 fully saturated rings. The van der Waals surface area contributed by atoms with Crippen LogP contribution in [0.25, 0.3) is 22.2 Å². The molecule has 0 amide bonds. The number of hydrogen-bond acceptors (Lipinski definition) is 3. The van der Waals surface area contributed by atoms with Gasteiger partial charge >= 0.3 is 0 Å². The number of nitrogens with zero attached hydrogens (tertiary/aromatic N) is 1. The van der Waals surface area contributed by atoms with E-state index in [9.17, 15) is 4.39 Å². The minimum Gasteiger partial charge on any atom is -0.362 e. The normalized spacial score (nSPS) is 11.1. The molecule has 0 saturated heterocycles. The molecule has 0 spiro atoms. The number of halogens is 1. The highest BCUT2D eigenvalue weighted by molar-refractivity contribution is 7.14. The predicted octanol–water partition coefficient (Wildman–Crippen LogP) is 4.17. The molecule has 0 aliphatic heterocycles. The van der Waals surface area contributed by atoms with E-state index in [1.807, 2.05) is 19.2 Å². The Bertz CT molecular complexity index is 729. The second-order valence-corrected chi connectivity index (χ2v) is 5.24. The van der Waals surface area contributed by atoms with Gasteiger partial charge in [0.2, 0.25) is 0 Å². The molecular weight excluding hydrogens is 261 g/mol. The average molecular weight is 275 g/mol. The number of thiazole rings is 1. The zero-order valence-corrected chi connectivity index (χ0v) is 11.6. The Kier molecular flexibility index (Phi) is 2.98. The number of anilines is 1. The molecule has 0 saturated carbocycles. The lowest BCUT2D eigenvalue weighted by Gasteiger charge is -1.98. The number of H-pyrrole nitrogens is 1. The summed E-state index contributed by atoms with van der Waals surface area (Å²) in [6.07, 6.45) is 0. The number of nitrogens with one attached hydrogen (secondary N) is 2. The minimum absolute atomic E-state index is 0.227. The van der Waals surface area contributed by atoms with Gasteiger partial charge in [0.1, 0.15) is 5.82 Å². The van der Waals surface area contributed by atoms with Crippen LogP contribution in [0.5, 0.6) is 0 Å². The van der Waals surface area contributed by atoms with Gasteiger partial charge < -0.3 is 10.3 Å². The van der Waals surface area contributed by atoms with Gasteiger partial charge in [-0.25, -0.2) is 9.37 Å². The van der Waals surface area contributed by atoms with E-state index < -0.39 is 0 Å². The third-order valence-corrected chi connectivity index (χ3v) is 3.84. The summed E-state index contributed by atoms with van der Waals surface area (Å²) in [7, 11) is 0. The Hall–Kier alpha value is -1.88. The largest absolute Gasteiger partial charge is 0.362 e. The van der Waals surface area contributed by atoms with Crippen LogP contribution < -0.4 is 5.32 Å². The fraction of sp³-hybridized carbons (Fsp3) is 0.214. The Morgan fingerprint density at radius 2 is 2.26 bits per heavy atom. The second kappa shape index (κ2) is 4.66. The first-order valence-electron chi connectivity index (χ1n) is 6.16. The Labute approximate surface area is 114 Å². The fourth-order valence-electron chi connectivity index (χ4n) is 2.25. The first-order chi connectivity index (χ1) is 9.19. The monoisotopic (exact) mass is 275 g/mol. The molecule has 1 aromatic carbocycles. The maximum Gasteiger partial charge on any atom is 0.183 e. The van der Waals surface area contributed by atoms with Crippen molar-refractivity contribution in [3.05, 3.63) is 35.1 Å². The highest BCUT2D eigenvalue weighted by Gasteiger charge is 2.14. The first-order valence-corrected chi connectivity index (χ1v) is 7.04. The summed E-state index contributed by atoms with van der Waals surface area (Å²) >= 11 is 1.56. The van der Waals surface area contributed by atoms with Crippen LogP contribution in [-0.4, -0.2) is 16.5 Å². The maximum atomic E-state index is 13.4. The minimum atomic E-state index is -0.227. The van der Waals surface area contributed by atoms with Gasteiger partial charge in [-0.15, -0.1) is 11.3 Å². The van der Waals surface area contributed by atoms with Crippen molar-refractivity contribution in [2.24, 2.45) is 0 Å². The number of aryl methyl sites for hydroxylation is 1. The third kappa shape index (κ3) is 2.10. The van der Waals surface area contributed by atoms with Gasteiger partial charge in [0.15, 0.2) is 5.13 Å². The summed E-state index contributed by atoms with van der Waals surface area (Å²) in [5, 5.41) is 6.96. The highest BCUT2D eigenvalue weighted by atomic mass is 32.1. The van der Waals surface area contributed by atoms with E-state index in [0.717, 1.165) is 39.5 Å². The molecule has 5 heteroatoms. The molecular formula is C14H14FN3S. The molecule has 0 radical (unpaired) electrons. The Morgan fingerprint density at radius 1 is 1.42 bits per heavy atom. The quantitative estimate of drug-likeness (QED) is 0.753. The van der Waals surface area contributed by atoms with Crippen LogP contribution in [0.4, 0.5) is 9.52 Å². The van der Waals surface area contributed by atoms with Crippen LogP contribution in [0.15, 0.2) is 23.6 Å². The smallest absolute Gasteiger partial charge is 0.183 e. The summed E-state index contributed by atoms with van der Waals surface area (Å²) in [5.41, 5.74) is 3.81. The van der Waals surface area contributed by atoms with E-state index in [1.54, 1.807) is 23.5 Å². The van der Waals surface area contributed by atoms with Crippen molar-refractivity contribution in [3.63, 3.8) is 0 Å². The van der Waals surface area contributed by atoms with Crippen LogP contribution in [0.3, 0.4) is 0 Å². The van der Waals surface area contributed by atoms with Crippen molar-refractivity contribution in [1.82, 2.24) is 9.97 Å². The summed E-state index contributed by atoms with van der Waals surface area (Å²) < 4.78 is 13.4. The van der Waals surface area contributed by atoms with Crippen molar-refractivity contribution in [1.29, 1.82) is 0 Å². The molecule has 2 N–H and O–H groups in total. The lowest BCUT2D eigenvalue weighted by Crippen LogP contribution is -1.95. The van der Waals surface area contributed by atoms with Gasteiger partial charge in [0.05, 0.1) is 5.69 Å². The van der Waals surface area contributed by atoms with Crippen molar-refractivity contribution >= 4 is 27.4 Å². The predicted molar refractivity (Wildman–Crippen MR) is 78.3 cm³/mol. The van der Waals surface area contributed by atoms with Crippen molar-refractivity contribution in [3.8, 4) is 11.3 Å². The van der Waals surface area contributed by atoms with Crippen LogP contribution in [-0.2, 0) is 0 Å². The third-order valence-electron chi connectivity index (χ3n) is 3.04. The van der Waals surface area contributed by atoms with Gasteiger partial charge in [-0.3, -0.25) is 0 Å². The van der Waals surface area contributed by atoms with Gasteiger partial charge in [0.25, 0.3) is 0 Å². The van der Waals surface area contributed by atoms with E-state index in [-0.39, 0.29) is 5.82 Å². The highest BCUT2D eigenvalue weighted by Crippen LogP contribution is 2.34. The van der Waals surface area contributed by atoms with Crippen LogP contribution >= 0.6 is 11.3 Å². The topological polar surface area (TPSA) is 40.7 Å². The summed E-state index contributed by atoms with van der Waals surface area (Å²) in [6, 6.07) is 4.78. The number of hydrogen-bond donors (Lipinski definition) is 2. The zero-order chi connectivity index (χ0) is 13.4. The van der Waals surface area contributed by atoms with E-state index in [2.05, 4.69) is 15.3 Å². The van der Waals surface area contributed by atoms with Crippen molar-refractivity contribution in [2.45, 2.75) is 13.8 Å². The molecule has 19 heavy (non-hydrogen) atoms. The van der Waals surface area contributed by atoms with E-state index >= 15 is 0 Å². The average Bonchev–Trinajstić information content (AvgIpc) is 2.93. The molecule has 2 aromatic heterocycles. The van der Waals surface area contributed by atoms with E-state index in [4.69, 9.17) is 0 Å². The van der Waals surface area contributed by atoms with E-state index in [0.29, 0.717) is 0 Å². The number of rotatable bonds is 3. The molecule has 0 atom stereocenters. The lowest BCUT2D eigenvalue weighted by molar-refractivity contribution is 0.630. The summed E-state index contributed by atoms with van der Waals surface area (Å²) in [5.74, 6) is -0.227. The van der Waals surface area contributed by atoms with Crippen LogP contribution in [0.2, 0.25) is 0 Å². The molecule has 0 aliphatic carbocycles. The molecule has 3 aromatic rings. The molecule has 98 valence electrons. The van der Waals surface area contributed by atoms with E-state index in [1.165, 1.54) is 6.07 Å². The molecule has 3 nitrogen and oxygen atoms in total. The van der Waals surface area contributed by atoms with Gasteiger partial charge in [-0.05, 0) is 32.0 Å². The van der Waals surface area contributed by atoms with Crippen LogP contribution in [0.1, 0.15) is 12.6 Å². The maximum absolute atomic E-state index is 13.4. The Morgan fingerprint density at radius 3 is 3.05 bits per heavy atom. The fourth-order valence-corrected chi connectivity index (χ4v) is 3.02. The lowest BCUT2D eigenvalue weighted by atomic mass is 10.1. The molecule has 0 bridgehead atoms. The number of aromatic nitrogens is 2. The first kappa shape index (κ1) is 12.2. The molecule has 0 unspecified atom stereocenters.